The molecule has 0 atom stereocenters. The molecule has 0 bridgehead atoms. The van der Waals surface area contributed by atoms with Crippen LogP contribution in [0, 0.1) is 6.33 Å². The van der Waals surface area contributed by atoms with Gasteiger partial charge in [-0.15, -0.1) is 0 Å². The Labute approximate surface area is 494 Å². The summed E-state index contributed by atoms with van der Waals surface area (Å²) in [5.41, 5.74) is 9.27. The van der Waals surface area contributed by atoms with Crippen molar-refractivity contribution in [1.29, 1.82) is 0 Å². The molecular weight excluding hydrogens is 1010 g/mol. The van der Waals surface area contributed by atoms with Crippen molar-refractivity contribution in [3.8, 4) is 62.3 Å². The highest BCUT2D eigenvalue weighted by molar-refractivity contribution is 6.15. The van der Waals surface area contributed by atoms with Gasteiger partial charge < -0.3 is 13.9 Å². The first-order valence-corrected chi connectivity index (χ1v) is 27.5. The van der Waals surface area contributed by atoms with Crippen LogP contribution in [0.3, 0.4) is 0 Å². The molecule has 5 heterocycles. The number of ether oxygens (including phenoxy) is 1. The van der Waals surface area contributed by atoms with Crippen molar-refractivity contribution in [2.75, 3.05) is 0 Å². The van der Waals surface area contributed by atoms with Gasteiger partial charge in [-0.3, -0.25) is 13.7 Å². The molecule has 5 aromatic heterocycles. The maximum absolute atomic E-state index is 9.77. The first-order chi connectivity index (χ1) is 45.0. The Morgan fingerprint density at radius 3 is 1.61 bits per heavy atom. The molecule has 83 heavy (non-hydrogen) atoms. The van der Waals surface area contributed by atoms with Crippen molar-refractivity contribution in [3.63, 3.8) is 0 Å². The third-order valence-electron chi connectivity index (χ3n) is 16.0. The largest absolute Gasteiger partial charge is 0.458 e. The van der Waals surface area contributed by atoms with Crippen LogP contribution in [0.15, 0.2) is 273 Å². The quantitative estimate of drug-likeness (QED) is 0.107. The summed E-state index contributed by atoms with van der Waals surface area (Å²) >= 11 is 0. The van der Waals surface area contributed by atoms with Crippen LogP contribution in [-0.2, 0) is 5.41 Å². The molecule has 0 unspecified atom stereocenters. The van der Waals surface area contributed by atoms with Crippen molar-refractivity contribution < 1.29 is 23.0 Å². The summed E-state index contributed by atoms with van der Waals surface area (Å²) < 4.78 is 110. The minimum Gasteiger partial charge on any atom is -0.458 e. The molecule has 0 saturated heterocycles. The van der Waals surface area contributed by atoms with E-state index in [-0.39, 0.29) is 33.4 Å². The van der Waals surface area contributed by atoms with E-state index in [2.05, 4.69) is 108 Å². The predicted octanol–water partition coefficient (Wildman–Crippen LogP) is 18.8. The summed E-state index contributed by atoms with van der Waals surface area (Å²) in [6.45, 7) is 6.55. The van der Waals surface area contributed by atoms with Crippen LogP contribution >= 0.6 is 0 Å². The van der Waals surface area contributed by atoms with Gasteiger partial charge in [0.25, 0.3) is 6.33 Å². The zero-order valence-electron chi connectivity index (χ0n) is 55.3. The fourth-order valence-electron chi connectivity index (χ4n) is 12.3. The maximum atomic E-state index is 9.77. The van der Waals surface area contributed by atoms with Crippen molar-refractivity contribution in [3.05, 3.63) is 285 Å². The number of aromatic nitrogens is 6. The zero-order valence-corrected chi connectivity index (χ0v) is 45.3. The van der Waals surface area contributed by atoms with Crippen molar-refractivity contribution >= 4 is 76.5 Å². The number of rotatable bonds is 9. The maximum Gasteiger partial charge on any atom is 0.269 e. The van der Waals surface area contributed by atoms with Crippen LogP contribution in [0.5, 0.6) is 11.5 Å². The van der Waals surface area contributed by atoms with E-state index in [0.29, 0.717) is 33.9 Å². The summed E-state index contributed by atoms with van der Waals surface area (Å²) in [5, 5.41) is 5.96. The summed E-state index contributed by atoms with van der Waals surface area (Å²) in [4.78, 5) is 4.88. The Bertz CT molecular complexity index is 5670. The van der Waals surface area contributed by atoms with Gasteiger partial charge in [-0.25, -0.2) is 4.98 Å². The second-order valence-electron chi connectivity index (χ2n) is 21.8. The van der Waals surface area contributed by atoms with E-state index in [1.165, 1.54) is 0 Å². The summed E-state index contributed by atoms with van der Waals surface area (Å²) in [6.07, 6.45) is 5.45. The number of hydrogen-bond acceptors (Lipinski definition) is 2. The molecule has 7 nitrogen and oxygen atoms in total. The monoisotopic (exact) mass is 1080 g/mol. The highest BCUT2D eigenvalue weighted by atomic mass is 16.5. The highest BCUT2D eigenvalue weighted by Gasteiger charge is 2.26. The Morgan fingerprint density at radius 2 is 0.976 bits per heavy atom. The SMILES string of the molecule is [2H]c1c([2H])c([2H])c(-c2cc(-n3c4ccccc4c4cccc(-n5c6ccccc6c6ccccc65)c43)cc(-c3c([2H])c([2H])c([2H])c([2H])c3[2H])c2-[n+]2[c-]n(-c3cccc(Oc4ccc5c6ccccc6n(-c6cc(C(C)(C)C)ccn6)c5c4)c3)c3ccccc32)c([2H])c1[2H]. The Morgan fingerprint density at radius 1 is 0.446 bits per heavy atom. The van der Waals surface area contributed by atoms with E-state index in [1.54, 1.807) is 16.7 Å². The third-order valence-corrected chi connectivity index (χ3v) is 16.0. The lowest BCUT2D eigenvalue weighted by molar-refractivity contribution is -0.571. The summed E-state index contributed by atoms with van der Waals surface area (Å²) in [7, 11) is 0. The lowest BCUT2D eigenvalue weighted by atomic mass is 9.88. The molecule has 0 saturated carbocycles. The van der Waals surface area contributed by atoms with Crippen LogP contribution in [0.1, 0.15) is 40.0 Å². The second-order valence-corrected chi connectivity index (χ2v) is 21.8. The molecule has 0 spiro atoms. The van der Waals surface area contributed by atoms with Crippen molar-refractivity contribution in [1.82, 2.24) is 23.3 Å². The molecule has 16 rings (SSSR count). The highest BCUT2D eigenvalue weighted by Crippen LogP contribution is 2.44. The Kier molecular flexibility index (Phi) is 8.85. The molecule has 0 aliphatic rings. The Balaban J connectivity index is 0.957. The third kappa shape index (κ3) is 7.80. The minimum atomic E-state index is -0.598. The summed E-state index contributed by atoms with van der Waals surface area (Å²) in [6, 6.07) is 62.0. The average molecular weight is 1080 g/mol. The van der Waals surface area contributed by atoms with Crippen LogP contribution in [0.2, 0.25) is 0 Å². The van der Waals surface area contributed by atoms with Gasteiger partial charge in [0.1, 0.15) is 17.3 Å². The molecule has 7 heteroatoms. The molecule has 0 amide bonds. The van der Waals surface area contributed by atoms with Crippen molar-refractivity contribution in [2.45, 2.75) is 26.2 Å². The Hall–Kier alpha value is -10.8. The molecule has 394 valence electrons. The lowest BCUT2D eigenvalue weighted by Crippen LogP contribution is -2.31. The number of benzene rings is 11. The first kappa shape index (κ1) is 38.8. The predicted molar refractivity (Wildman–Crippen MR) is 341 cm³/mol. The van der Waals surface area contributed by atoms with Gasteiger partial charge in [0, 0.05) is 50.3 Å². The number of pyridine rings is 1. The summed E-state index contributed by atoms with van der Waals surface area (Å²) in [5.74, 6) is 1.85. The van der Waals surface area contributed by atoms with E-state index in [1.807, 2.05) is 138 Å². The molecule has 0 fully saturated rings. The van der Waals surface area contributed by atoms with Crippen molar-refractivity contribution in [2.24, 2.45) is 0 Å². The number of para-hydroxylation sites is 7. The molecular formula is C76H54N6O. The van der Waals surface area contributed by atoms with E-state index >= 15 is 0 Å². The van der Waals surface area contributed by atoms with Crippen LogP contribution in [0.25, 0.3) is 127 Å². The number of hydrogen-bond donors (Lipinski definition) is 0. The van der Waals surface area contributed by atoms with E-state index in [9.17, 15) is 11.0 Å². The fourth-order valence-corrected chi connectivity index (χ4v) is 12.3. The van der Waals surface area contributed by atoms with E-state index in [0.717, 1.165) is 82.5 Å². The van der Waals surface area contributed by atoms with Gasteiger partial charge in [-0.05, 0) is 118 Å². The first-order valence-electron chi connectivity index (χ1n) is 32.5. The zero-order chi connectivity index (χ0) is 64.0. The van der Waals surface area contributed by atoms with Crippen LogP contribution in [0.4, 0.5) is 0 Å². The van der Waals surface area contributed by atoms with Gasteiger partial charge >= 0.3 is 0 Å². The van der Waals surface area contributed by atoms with Crippen LogP contribution < -0.4 is 9.30 Å². The molecule has 0 radical (unpaired) electrons. The number of imidazole rings is 1. The molecule has 11 aromatic carbocycles. The molecule has 0 aliphatic heterocycles. The molecule has 0 aliphatic carbocycles. The van der Waals surface area contributed by atoms with E-state index in [4.69, 9.17) is 12.5 Å². The van der Waals surface area contributed by atoms with Crippen LogP contribution in [-0.4, -0.2) is 23.3 Å². The van der Waals surface area contributed by atoms with Gasteiger partial charge in [-0.2, -0.15) is 0 Å². The molecule has 0 N–H and O–H groups in total. The number of nitrogens with zero attached hydrogens (tertiary/aromatic N) is 6. The van der Waals surface area contributed by atoms with Gasteiger partial charge in [-0.1, -0.05) is 196 Å². The van der Waals surface area contributed by atoms with E-state index < -0.39 is 60.4 Å². The normalized spacial score (nSPS) is 13.7. The lowest BCUT2D eigenvalue weighted by Gasteiger charge is -2.21. The second kappa shape index (κ2) is 18.9. The fraction of sp³-hybridized carbons (Fsp3) is 0.0526. The van der Waals surface area contributed by atoms with Gasteiger partial charge in [0.05, 0.1) is 74.9 Å². The van der Waals surface area contributed by atoms with Gasteiger partial charge in [0.15, 0.2) is 0 Å². The number of fused-ring (bicyclic) bond motifs is 10. The topological polar surface area (TPSA) is 45.7 Å². The minimum absolute atomic E-state index is 0.0981. The standard InChI is InChI=1S/C76H54N6O/c1-76(2,3)52-42-43-77-73(44-52)82-68-36-17-12-30-59(68)61-41-40-56(48-72(61)82)83-55-27-20-26-53(45-55)78-49-79(70-38-19-18-37-69(70)78)74-63(50-22-6-4-7-23-50)46-54(47-64(74)51-24-8-5-9-25-51)80-65-33-14-13-31-60(65)62-32-21-39-71(75(62)80)81-66-34-15-10-28-57(66)58-29-11-16-35-67(58)81/h4-48H,1-3H3/i4D,5D,6D,7D,8D,9D,22D,23D,24D,25D. The molecule has 16 aromatic rings. The average Bonchev–Trinajstić information content (AvgIpc) is 1.66. The van der Waals surface area contributed by atoms with Gasteiger partial charge in [0.2, 0.25) is 0 Å². The smallest absolute Gasteiger partial charge is 0.269 e.